The van der Waals surface area contributed by atoms with Crippen molar-refractivity contribution in [2.75, 3.05) is 11.2 Å². The summed E-state index contributed by atoms with van der Waals surface area (Å²) >= 11 is 1.25. The first kappa shape index (κ1) is 19.7. The fourth-order valence-corrected chi connectivity index (χ4v) is 3.86. The highest BCUT2D eigenvalue weighted by molar-refractivity contribution is 8.00. The van der Waals surface area contributed by atoms with E-state index in [-0.39, 0.29) is 5.91 Å². The van der Waals surface area contributed by atoms with E-state index in [9.17, 15) is 4.79 Å². The fraction of sp³-hybridized carbons (Fsp3) is 0.0909. The van der Waals surface area contributed by atoms with Crippen molar-refractivity contribution in [1.29, 1.82) is 0 Å². The lowest BCUT2D eigenvalue weighted by Crippen LogP contribution is -2.20. The molecule has 0 saturated carbocycles. The number of amides is 1. The van der Waals surface area contributed by atoms with Crippen LogP contribution in [0.3, 0.4) is 0 Å². The average Bonchev–Trinajstić information content (AvgIpc) is 3.15. The Labute approximate surface area is 178 Å². The Kier molecular flexibility index (Phi) is 5.76. The van der Waals surface area contributed by atoms with Gasteiger partial charge in [0.2, 0.25) is 11.1 Å². The van der Waals surface area contributed by atoms with Gasteiger partial charge in [-0.15, -0.1) is 10.2 Å². The molecule has 2 aromatic heterocycles. The van der Waals surface area contributed by atoms with E-state index >= 15 is 0 Å². The Balaban J connectivity index is 1.62. The van der Waals surface area contributed by atoms with E-state index < -0.39 is 5.25 Å². The number of nitrogens with two attached hydrogens (primary N) is 1. The van der Waals surface area contributed by atoms with Crippen LogP contribution in [-0.2, 0) is 4.79 Å². The minimum atomic E-state index is -0.555. The number of carbonyl (C=O) groups excluding carboxylic acids is 1. The molecule has 0 aliphatic carbocycles. The maximum absolute atomic E-state index is 13.2. The van der Waals surface area contributed by atoms with Crippen molar-refractivity contribution < 1.29 is 4.79 Å². The van der Waals surface area contributed by atoms with E-state index in [0.29, 0.717) is 11.0 Å². The lowest BCUT2D eigenvalue weighted by atomic mass is 10.1. The van der Waals surface area contributed by atoms with Crippen LogP contribution >= 0.6 is 11.8 Å². The highest BCUT2D eigenvalue weighted by Gasteiger charge is 2.25. The molecule has 150 valence electrons. The molecule has 4 rings (SSSR count). The lowest BCUT2D eigenvalue weighted by Gasteiger charge is -2.16. The predicted octanol–water partition coefficient (Wildman–Crippen LogP) is 3.83. The summed E-state index contributed by atoms with van der Waals surface area (Å²) in [5.41, 5.74) is 3.45. The minimum absolute atomic E-state index is 0.166. The van der Waals surface area contributed by atoms with Crippen molar-refractivity contribution in [3.8, 4) is 11.4 Å². The molecule has 1 amide bonds. The highest BCUT2D eigenvalue weighted by Crippen LogP contribution is 2.36. The zero-order chi connectivity index (χ0) is 20.9. The van der Waals surface area contributed by atoms with Crippen LogP contribution in [0.25, 0.3) is 11.4 Å². The molecule has 3 N–H and O–H groups in total. The number of thioether (sulfide) groups is 1. The van der Waals surface area contributed by atoms with Gasteiger partial charge in [-0.25, -0.2) is 4.68 Å². The quantitative estimate of drug-likeness (QED) is 0.366. The van der Waals surface area contributed by atoms with Gasteiger partial charge in [0.25, 0.3) is 0 Å². The van der Waals surface area contributed by atoms with Gasteiger partial charge in [0.15, 0.2) is 5.82 Å². The van der Waals surface area contributed by atoms with Crippen LogP contribution in [-0.4, -0.2) is 25.8 Å². The average molecular weight is 417 g/mol. The van der Waals surface area contributed by atoms with E-state index in [4.69, 9.17) is 5.84 Å². The third kappa shape index (κ3) is 4.33. The van der Waals surface area contributed by atoms with Crippen molar-refractivity contribution in [2.45, 2.75) is 17.3 Å². The number of carbonyl (C=O) groups is 1. The Bertz CT molecular complexity index is 1130. The summed E-state index contributed by atoms with van der Waals surface area (Å²) in [7, 11) is 0. The topological polar surface area (TPSA) is 98.7 Å². The minimum Gasteiger partial charge on any atom is -0.335 e. The number of nitrogen functional groups attached to an aromatic ring is 1. The molecule has 0 spiro atoms. The fourth-order valence-electron chi connectivity index (χ4n) is 2.90. The normalized spacial score (nSPS) is 11.8. The van der Waals surface area contributed by atoms with Gasteiger partial charge >= 0.3 is 0 Å². The first-order valence-corrected chi connectivity index (χ1v) is 10.2. The second kappa shape index (κ2) is 8.79. The van der Waals surface area contributed by atoms with Gasteiger partial charge in [0, 0.05) is 23.6 Å². The number of anilines is 1. The van der Waals surface area contributed by atoms with Gasteiger partial charge in [-0.2, -0.15) is 0 Å². The third-order valence-electron chi connectivity index (χ3n) is 4.47. The van der Waals surface area contributed by atoms with E-state index in [1.165, 1.54) is 16.4 Å². The molecule has 2 aromatic carbocycles. The van der Waals surface area contributed by atoms with E-state index in [0.717, 1.165) is 22.4 Å². The largest absolute Gasteiger partial charge is 0.335 e. The molecule has 1 atom stereocenters. The smallest absolute Gasteiger partial charge is 0.242 e. The van der Waals surface area contributed by atoms with Crippen LogP contribution in [0.15, 0.2) is 84.3 Å². The van der Waals surface area contributed by atoms with Gasteiger partial charge in [0.05, 0.1) is 0 Å². The molecule has 0 saturated heterocycles. The Morgan fingerprint density at radius 3 is 2.50 bits per heavy atom. The van der Waals surface area contributed by atoms with E-state index in [2.05, 4.69) is 20.5 Å². The van der Waals surface area contributed by atoms with Gasteiger partial charge in [-0.3, -0.25) is 9.78 Å². The summed E-state index contributed by atoms with van der Waals surface area (Å²) in [5, 5.41) is 11.2. The van der Waals surface area contributed by atoms with Crippen molar-refractivity contribution in [3.05, 3.63) is 90.3 Å². The number of rotatable bonds is 6. The standard InChI is InChI=1S/C22H20N6OS/c1-15-9-11-18(12-10-15)25-21(29)19(16-6-3-2-4-7-16)30-22-27-26-20(28(22)23)17-8-5-13-24-14-17/h2-14,19H,23H2,1H3,(H,25,29)/t19-/m1/s1. The first-order chi connectivity index (χ1) is 14.6. The van der Waals surface area contributed by atoms with Crippen LogP contribution in [0.5, 0.6) is 0 Å². The van der Waals surface area contributed by atoms with Gasteiger partial charge < -0.3 is 11.2 Å². The number of pyridine rings is 1. The number of aryl methyl sites for hydroxylation is 1. The summed E-state index contributed by atoms with van der Waals surface area (Å²) in [5.74, 6) is 6.56. The van der Waals surface area contributed by atoms with Crippen LogP contribution in [0.2, 0.25) is 0 Å². The number of benzene rings is 2. The molecule has 2 heterocycles. The number of nitrogens with zero attached hydrogens (tertiary/aromatic N) is 4. The van der Waals surface area contributed by atoms with Crippen molar-refractivity contribution in [3.63, 3.8) is 0 Å². The van der Waals surface area contributed by atoms with Crippen LogP contribution < -0.4 is 11.2 Å². The molecular weight excluding hydrogens is 396 g/mol. The Morgan fingerprint density at radius 1 is 1.03 bits per heavy atom. The number of hydrogen-bond donors (Lipinski definition) is 2. The Hall–Kier alpha value is -3.65. The van der Waals surface area contributed by atoms with Gasteiger partial charge in [-0.05, 0) is 36.8 Å². The number of nitrogens with one attached hydrogen (secondary N) is 1. The summed E-state index contributed by atoms with van der Waals surface area (Å²) in [4.78, 5) is 17.2. The first-order valence-electron chi connectivity index (χ1n) is 9.32. The molecule has 7 nitrogen and oxygen atoms in total. The van der Waals surface area contributed by atoms with Crippen LogP contribution in [0.1, 0.15) is 16.4 Å². The predicted molar refractivity (Wildman–Crippen MR) is 118 cm³/mol. The molecular formula is C22H20N6OS. The van der Waals surface area contributed by atoms with Crippen molar-refractivity contribution >= 4 is 23.4 Å². The zero-order valence-corrected chi connectivity index (χ0v) is 17.1. The molecule has 4 aromatic rings. The second-order valence-electron chi connectivity index (χ2n) is 6.68. The maximum atomic E-state index is 13.2. The number of aromatic nitrogens is 4. The summed E-state index contributed by atoms with van der Waals surface area (Å²) < 4.78 is 1.39. The molecule has 0 unspecified atom stereocenters. The van der Waals surface area contributed by atoms with Crippen molar-refractivity contribution in [1.82, 2.24) is 19.9 Å². The molecule has 0 aliphatic heterocycles. The monoisotopic (exact) mass is 416 g/mol. The zero-order valence-electron chi connectivity index (χ0n) is 16.3. The van der Waals surface area contributed by atoms with Crippen LogP contribution in [0.4, 0.5) is 5.69 Å². The van der Waals surface area contributed by atoms with Crippen LogP contribution in [0, 0.1) is 6.92 Å². The molecule has 0 aliphatic rings. The second-order valence-corrected chi connectivity index (χ2v) is 7.75. The summed E-state index contributed by atoms with van der Waals surface area (Å²) in [6.07, 6.45) is 3.35. The number of hydrogen-bond acceptors (Lipinski definition) is 6. The van der Waals surface area contributed by atoms with Crippen molar-refractivity contribution in [2.24, 2.45) is 0 Å². The van der Waals surface area contributed by atoms with E-state index in [1.54, 1.807) is 18.5 Å². The Morgan fingerprint density at radius 2 is 1.80 bits per heavy atom. The lowest BCUT2D eigenvalue weighted by molar-refractivity contribution is -0.115. The molecule has 30 heavy (non-hydrogen) atoms. The van der Waals surface area contributed by atoms with E-state index in [1.807, 2.05) is 67.6 Å². The third-order valence-corrected chi connectivity index (χ3v) is 5.68. The molecule has 8 heteroatoms. The molecule has 0 radical (unpaired) electrons. The summed E-state index contributed by atoms with van der Waals surface area (Å²) in [6.45, 7) is 2.00. The van der Waals surface area contributed by atoms with Gasteiger partial charge in [-0.1, -0.05) is 59.8 Å². The summed E-state index contributed by atoms with van der Waals surface area (Å²) in [6, 6.07) is 20.9. The molecule has 0 bridgehead atoms. The van der Waals surface area contributed by atoms with Gasteiger partial charge in [0.1, 0.15) is 5.25 Å². The maximum Gasteiger partial charge on any atom is 0.242 e. The highest BCUT2D eigenvalue weighted by atomic mass is 32.2. The SMILES string of the molecule is Cc1ccc(NC(=O)[C@H](Sc2nnc(-c3cccnc3)n2N)c2ccccc2)cc1. The molecule has 0 fully saturated rings.